The van der Waals surface area contributed by atoms with Gasteiger partial charge in [-0.3, -0.25) is 0 Å². The lowest BCUT2D eigenvalue weighted by molar-refractivity contribution is 0.598. The summed E-state index contributed by atoms with van der Waals surface area (Å²) in [6, 6.07) is 26.0. The molecule has 0 unspecified atom stereocenters. The van der Waals surface area contributed by atoms with E-state index >= 15 is 0 Å². The average molecular weight is 417 g/mol. The lowest BCUT2D eigenvalue weighted by Gasteiger charge is -2.24. The molecule has 4 rings (SSSR count). The van der Waals surface area contributed by atoms with Crippen molar-refractivity contribution in [2.24, 2.45) is 4.40 Å². The average Bonchev–Trinajstić information content (AvgIpc) is 2.95. The van der Waals surface area contributed by atoms with Gasteiger partial charge in [-0.25, -0.2) is 0 Å². The molecule has 5 heteroatoms. The summed E-state index contributed by atoms with van der Waals surface area (Å²) in [7, 11) is -1.84. The van der Waals surface area contributed by atoms with Crippen molar-refractivity contribution in [2.75, 3.05) is 11.9 Å². The maximum atomic E-state index is 13.0. The molecule has 0 radical (unpaired) electrons. The second-order valence-electron chi connectivity index (χ2n) is 7.86. The number of benzene rings is 3. The quantitative estimate of drug-likeness (QED) is 0.551. The fourth-order valence-electron chi connectivity index (χ4n) is 3.93. The number of hydrogen-bond acceptors (Lipinski definition) is 3. The van der Waals surface area contributed by atoms with Gasteiger partial charge in [0.05, 0.1) is 10.6 Å². The first kappa shape index (κ1) is 20.1. The normalized spacial score (nSPS) is 17.2. The standard InChI is InChI=1S/C25H24N2O2S/c1-25(2)21-16-10-11-17-23(21)27(3)24(25)18-22(19-12-6-4-7-13-19)26-30(28,29)20-14-8-5-9-15-20/h4-18H,1-3H3/b24-18-,26-22+. The Morgan fingerprint density at radius 2 is 1.43 bits per heavy atom. The predicted molar refractivity (Wildman–Crippen MR) is 123 cm³/mol. The zero-order chi connectivity index (χ0) is 21.4. The molecule has 0 N–H and O–H groups in total. The molecule has 152 valence electrons. The van der Waals surface area contributed by atoms with Crippen LogP contribution in [0.4, 0.5) is 5.69 Å². The lowest BCUT2D eigenvalue weighted by atomic mass is 9.83. The van der Waals surface area contributed by atoms with Crippen LogP contribution in [0.15, 0.2) is 106 Å². The third-order valence-corrected chi connectivity index (χ3v) is 6.85. The van der Waals surface area contributed by atoms with Crippen molar-refractivity contribution in [1.29, 1.82) is 0 Å². The zero-order valence-electron chi connectivity index (χ0n) is 17.3. The SMILES string of the molecule is CN1/C(=C\C(=N/S(=O)(=O)c2ccccc2)c2ccccc2)C(C)(C)c2ccccc21. The minimum atomic E-state index is -3.85. The van der Waals surface area contributed by atoms with Crippen molar-refractivity contribution < 1.29 is 8.42 Å². The highest BCUT2D eigenvalue weighted by Crippen LogP contribution is 2.46. The van der Waals surface area contributed by atoms with E-state index in [4.69, 9.17) is 0 Å². The second-order valence-corrected chi connectivity index (χ2v) is 9.47. The molecule has 1 heterocycles. The van der Waals surface area contributed by atoms with E-state index in [1.807, 2.05) is 55.6 Å². The van der Waals surface area contributed by atoms with Gasteiger partial charge >= 0.3 is 0 Å². The van der Waals surface area contributed by atoms with E-state index in [1.54, 1.807) is 30.3 Å². The largest absolute Gasteiger partial charge is 0.347 e. The fraction of sp³-hybridized carbons (Fsp3) is 0.160. The molecule has 4 nitrogen and oxygen atoms in total. The van der Waals surface area contributed by atoms with Gasteiger partial charge in [-0.1, -0.05) is 80.6 Å². The molecule has 0 aromatic heterocycles. The summed E-state index contributed by atoms with van der Waals surface area (Å²) in [4.78, 5) is 2.29. The van der Waals surface area contributed by atoms with Crippen molar-refractivity contribution in [3.05, 3.63) is 108 Å². The van der Waals surface area contributed by atoms with Crippen LogP contribution in [0.3, 0.4) is 0 Å². The fourth-order valence-corrected chi connectivity index (χ4v) is 4.96. The molecular weight excluding hydrogens is 392 g/mol. The molecule has 0 aliphatic carbocycles. The van der Waals surface area contributed by atoms with Crippen LogP contribution < -0.4 is 4.90 Å². The highest BCUT2D eigenvalue weighted by molar-refractivity contribution is 7.90. The summed E-state index contributed by atoms with van der Waals surface area (Å²) in [6.45, 7) is 4.30. The number of fused-ring (bicyclic) bond motifs is 1. The first-order valence-electron chi connectivity index (χ1n) is 9.81. The smallest absolute Gasteiger partial charge is 0.282 e. The maximum Gasteiger partial charge on any atom is 0.282 e. The van der Waals surface area contributed by atoms with E-state index in [0.717, 1.165) is 16.9 Å². The number of likely N-dealkylation sites (N-methyl/N-ethyl adjacent to an activating group) is 1. The molecule has 0 atom stereocenters. The van der Waals surface area contributed by atoms with Crippen molar-refractivity contribution in [3.8, 4) is 0 Å². The number of rotatable bonds is 4. The minimum Gasteiger partial charge on any atom is -0.347 e. The van der Waals surface area contributed by atoms with E-state index in [9.17, 15) is 8.42 Å². The summed E-state index contributed by atoms with van der Waals surface area (Å²) in [5, 5.41) is 0. The first-order valence-corrected chi connectivity index (χ1v) is 11.3. The van der Waals surface area contributed by atoms with Crippen LogP contribution in [0, 0.1) is 0 Å². The summed E-state index contributed by atoms with van der Waals surface area (Å²) < 4.78 is 30.3. The maximum absolute atomic E-state index is 13.0. The van der Waals surface area contributed by atoms with Crippen LogP contribution in [0.25, 0.3) is 0 Å². The summed E-state index contributed by atoms with van der Waals surface area (Å²) in [6.07, 6.45) is 1.90. The molecule has 3 aromatic carbocycles. The highest BCUT2D eigenvalue weighted by atomic mass is 32.2. The number of para-hydroxylation sites is 1. The van der Waals surface area contributed by atoms with Crippen molar-refractivity contribution in [1.82, 2.24) is 0 Å². The van der Waals surface area contributed by atoms with Crippen LogP contribution in [0.2, 0.25) is 0 Å². The molecule has 1 aliphatic rings. The Balaban J connectivity index is 1.89. The topological polar surface area (TPSA) is 49.7 Å². The van der Waals surface area contributed by atoms with Gasteiger partial charge in [-0.05, 0) is 29.8 Å². The molecule has 0 saturated carbocycles. The highest BCUT2D eigenvalue weighted by Gasteiger charge is 2.38. The number of anilines is 1. The Morgan fingerprint density at radius 1 is 0.867 bits per heavy atom. The van der Waals surface area contributed by atoms with Crippen molar-refractivity contribution >= 4 is 21.4 Å². The summed E-state index contributed by atoms with van der Waals surface area (Å²) in [5.74, 6) is 0. The van der Waals surface area contributed by atoms with Gasteiger partial charge in [0.2, 0.25) is 0 Å². The monoisotopic (exact) mass is 416 g/mol. The molecule has 0 fully saturated rings. The van der Waals surface area contributed by atoms with Crippen molar-refractivity contribution in [3.63, 3.8) is 0 Å². The van der Waals surface area contributed by atoms with Gasteiger partial charge < -0.3 is 4.90 Å². The van der Waals surface area contributed by atoms with Crippen LogP contribution >= 0.6 is 0 Å². The van der Waals surface area contributed by atoms with Gasteiger partial charge in [0, 0.05) is 29.4 Å². The Labute approximate surface area is 178 Å². The Morgan fingerprint density at radius 3 is 2.07 bits per heavy atom. The third-order valence-electron chi connectivity index (χ3n) is 5.54. The molecule has 0 bridgehead atoms. The van der Waals surface area contributed by atoms with E-state index < -0.39 is 10.0 Å². The van der Waals surface area contributed by atoms with Crippen molar-refractivity contribution in [2.45, 2.75) is 24.2 Å². The number of nitrogens with zero attached hydrogens (tertiary/aromatic N) is 2. The lowest BCUT2D eigenvalue weighted by Crippen LogP contribution is -2.24. The van der Waals surface area contributed by atoms with Crippen LogP contribution in [0.5, 0.6) is 0 Å². The molecule has 0 saturated heterocycles. The summed E-state index contributed by atoms with van der Waals surface area (Å²) >= 11 is 0. The summed E-state index contributed by atoms with van der Waals surface area (Å²) in [5.41, 5.74) is 4.21. The van der Waals surface area contributed by atoms with Gasteiger partial charge in [-0.2, -0.15) is 12.8 Å². The van der Waals surface area contributed by atoms with Crippen LogP contribution in [0.1, 0.15) is 25.0 Å². The molecule has 30 heavy (non-hydrogen) atoms. The van der Waals surface area contributed by atoms with Gasteiger partial charge in [0.15, 0.2) is 0 Å². The number of allylic oxidation sites excluding steroid dienone is 2. The van der Waals surface area contributed by atoms with E-state index in [1.165, 1.54) is 5.56 Å². The number of sulfonamides is 1. The van der Waals surface area contributed by atoms with Gasteiger partial charge in [-0.15, -0.1) is 0 Å². The van der Waals surface area contributed by atoms with E-state index in [2.05, 4.69) is 35.3 Å². The Kier molecular flexibility index (Phi) is 5.08. The second kappa shape index (κ2) is 7.58. The van der Waals surface area contributed by atoms with Gasteiger partial charge in [0.1, 0.15) is 0 Å². The molecular formula is C25H24N2O2S. The van der Waals surface area contributed by atoms with Crippen LogP contribution in [-0.2, 0) is 15.4 Å². The van der Waals surface area contributed by atoms with E-state index in [-0.39, 0.29) is 10.3 Å². The molecule has 0 spiro atoms. The minimum absolute atomic E-state index is 0.180. The van der Waals surface area contributed by atoms with Gasteiger partial charge in [0.25, 0.3) is 10.0 Å². The molecule has 1 aliphatic heterocycles. The number of hydrogen-bond donors (Lipinski definition) is 0. The van der Waals surface area contributed by atoms with Crippen LogP contribution in [-0.4, -0.2) is 21.2 Å². The zero-order valence-corrected chi connectivity index (χ0v) is 18.1. The van der Waals surface area contributed by atoms with E-state index in [0.29, 0.717) is 5.71 Å². The molecule has 3 aromatic rings. The first-order chi connectivity index (χ1) is 14.3. The predicted octanol–water partition coefficient (Wildman–Crippen LogP) is 5.18. The molecule has 0 amide bonds. The third kappa shape index (κ3) is 3.57. The Hall–Kier alpha value is -3.18. The Bertz CT molecular complexity index is 1230.